The van der Waals surface area contributed by atoms with Gasteiger partial charge in [-0.1, -0.05) is 50.0 Å². The number of hydrogen-bond donors (Lipinski definition) is 2. The smallest absolute Gasteiger partial charge is 0.367 e. The van der Waals surface area contributed by atoms with Gasteiger partial charge in [0.2, 0.25) is 11.8 Å². The van der Waals surface area contributed by atoms with E-state index in [0.717, 1.165) is 41.7 Å². The first-order valence-electron chi connectivity index (χ1n) is 24.4. The van der Waals surface area contributed by atoms with E-state index in [-0.39, 0.29) is 18.8 Å². The lowest BCUT2D eigenvalue weighted by Crippen LogP contribution is -2.74. The lowest BCUT2D eigenvalue weighted by atomic mass is 9.85. The lowest BCUT2D eigenvalue weighted by molar-refractivity contribution is -0.372. The van der Waals surface area contributed by atoms with Gasteiger partial charge in [-0.25, -0.2) is 14.4 Å². The number of carbonyl (C=O) groups excluding carboxylic acids is 9. The number of amides is 2. The van der Waals surface area contributed by atoms with Crippen LogP contribution in [0.1, 0.15) is 70.3 Å². The van der Waals surface area contributed by atoms with Crippen molar-refractivity contribution in [2.24, 2.45) is 0 Å². The van der Waals surface area contributed by atoms with E-state index < -0.39 is 160 Å². The maximum Gasteiger partial charge on any atom is 0.367 e. The molecule has 2 N–H and O–H groups in total. The van der Waals surface area contributed by atoms with Gasteiger partial charge in [-0.15, -0.1) is 0 Å². The summed E-state index contributed by atoms with van der Waals surface area (Å²) in [5.74, 6) is -13.0. The maximum absolute atomic E-state index is 15.3. The summed E-state index contributed by atoms with van der Waals surface area (Å²) in [6.07, 6.45) is -14.9. The predicted molar refractivity (Wildman–Crippen MR) is 262 cm³/mol. The average molecular weight is 1090 g/mol. The predicted octanol–water partition coefficient (Wildman–Crippen LogP) is 2.61. The highest BCUT2D eigenvalue weighted by Crippen LogP contribution is 2.44. The third-order valence-corrected chi connectivity index (χ3v) is 13.9. The number of ether oxygens (including phenoxy) is 13. The molecule has 2 amide bonds. The second-order valence-corrected chi connectivity index (χ2v) is 25.2. The minimum atomic E-state index is -2.73. The first kappa shape index (κ1) is 60.4. The highest BCUT2D eigenvalue weighted by atomic mass is 28.3. The number of benzene rings is 2. The highest BCUT2D eigenvalue weighted by molar-refractivity contribution is 6.76. The molecule has 3 heterocycles. The second kappa shape index (κ2) is 26.5. The summed E-state index contributed by atoms with van der Waals surface area (Å²) in [5.41, 5.74) is 0.739. The molecule has 2 aromatic rings. The third-order valence-electron chi connectivity index (χ3n) is 12.2. The van der Waals surface area contributed by atoms with Gasteiger partial charge in [0.25, 0.3) is 11.6 Å². The van der Waals surface area contributed by atoms with Gasteiger partial charge < -0.3 is 72.2 Å². The molecule has 3 fully saturated rings. The molecule has 25 heteroatoms. The Hall–Kier alpha value is -6.51. The molecule has 0 aromatic heterocycles. The van der Waals surface area contributed by atoms with E-state index in [1.165, 1.54) is 26.2 Å². The molecule has 0 saturated carbocycles. The highest BCUT2D eigenvalue weighted by Gasteiger charge is 2.66. The van der Waals surface area contributed by atoms with Crippen LogP contribution in [0.2, 0.25) is 25.7 Å². The van der Waals surface area contributed by atoms with Gasteiger partial charge in [-0.2, -0.15) is 0 Å². The van der Waals surface area contributed by atoms with Crippen molar-refractivity contribution in [3.05, 3.63) is 65.7 Å². The van der Waals surface area contributed by atoms with Gasteiger partial charge in [0.1, 0.15) is 42.9 Å². The van der Waals surface area contributed by atoms with E-state index in [2.05, 4.69) is 30.3 Å². The van der Waals surface area contributed by atoms with Crippen molar-refractivity contribution in [2.75, 3.05) is 34.0 Å². The molecular formula is C51H68N2O22Si. The van der Waals surface area contributed by atoms with Crippen molar-refractivity contribution in [1.29, 1.82) is 0 Å². The van der Waals surface area contributed by atoms with Crippen LogP contribution in [0.4, 0.5) is 0 Å². The van der Waals surface area contributed by atoms with Crippen LogP contribution < -0.4 is 15.4 Å². The van der Waals surface area contributed by atoms with Crippen molar-refractivity contribution in [3.63, 3.8) is 0 Å². The maximum atomic E-state index is 15.3. The fourth-order valence-corrected chi connectivity index (χ4v) is 9.58. The number of cyclic esters (lactones) is 1. The molecule has 3 saturated heterocycles. The second-order valence-electron chi connectivity index (χ2n) is 19.6. The molecule has 3 aliphatic rings. The standard InChI is InChI=1S/C51H68N2O22Si/c1-28(54)52-41-37(68-31(4)57)24-51(75-45(41)43(70-33(6)59)39(69-32(5)58)27-66-30(3)56)49(62)72-44(40(73-51)26-65-25-34-17-19-36(63-7)20-18-34)46-42(53-29(2)55)38(71-47(60)35-15-13-12-14-16-35)23-50(74-46,48(61)64-8)67-21-22-76(9,10)11/h12-20,37-46H,21-27H2,1-11H3,(H,52,54)(H,53,55)/t37-,38-,39+,40+,41+,42+,43+,44+,45+,46+,50+,51+/m0/s1. The molecule has 3 aliphatic heterocycles. The van der Waals surface area contributed by atoms with Crippen molar-refractivity contribution in [2.45, 2.75) is 159 Å². The third kappa shape index (κ3) is 16.3. The molecule has 5 rings (SSSR count). The summed E-state index contributed by atoms with van der Waals surface area (Å²) in [5, 5.41) is 5.37. The number of nitrogens with one attached hydrogen (secondary N) is 2. The fourth-order valence-electron chi connectivity index (χ4n) is 8.87. The van der Waals surface area contributed by atoms with Gasteiger partial charge in [0, 0.05) is 56.2 Å². The van der Waals surface area contributed by atoms with Crippen LogP contribution in [-0.4, -0.2) is 168 Å². The quantitative estimate of drug-likeness (QED) is 0.0973. The Labute approximate surface area is 440 Å². The van der Waals surface area contributed by atoms with E-state index in [1.54, 1.807) is 42.5 Å². The SMILES string of the molecule is COC(=O)[C@@]1(OCC[Si](C)(C)C)C[C@H](OC(=O)c2ccccc2)[C@@H](NC(C)=O)[C@H]([C@@H]2OC(=O)[C@]3(C[C@H](OC(C)=O)[C@@H](NC(C)=O)[C@H]([C@H](OC(C)=O)[C@@H](COC(C)=O)OC(C)=O)O3)O[C@@H]2COCc2ccc(OC)cc2)O1. The molecule has 2 aromatic carbocycles. The van der Waals surface area contributed by atoms with Gasteiger partial charge in [0.05, 0.1) is 57.9 Å². The van der Waals surface area contributed by atoms with Crippen molar-refractivity contribution in [1.82, 2.24) is 10.6 Å². The monoisotopic (exact) mass is 1090 g/mol. The number of carbonyl (C=O) groups is 9. The molecule has 24 nitrogen and oxygen atoms in total. The van der Waals surface area contributed by atoms with Crippen LogP contribution in [-0.2, 0) is 102 Å². The van der Waals surface area contributed by atoms with Gasteiger partial charge in [-0.3, -0.25) is 28.8 Å². The molecule has 0 bridgehead atoms. The number of rotatable bonds is 22. The summed E-state index contributed by atoms with van der Waals surface area (Å²) < 4.78 is 77.9. The first-order valence-corrected chi connectivity index (χ1v) is 28.1. The molecule has 1 spiro atoms. The molecule has 12 atom stereocenters. The van der Waals surface area contributed by atoms with Gasteiger partial charge in [0.15, 0.2) is 18.3 Å². The Kier molecular flexibility index (Phi) is 21.0. The molecular weight excluding hydrogens is 1020 g/mol. The average Bonchev–Trinajstić information content (AvgIpc) is 3.33. The van der Waals surface area contributed by atoms with Crippen LogP contribution in [0, 0.1) is 0 Å². The first-order chi connectivity index (χ1) is 35.8. The summed E-state index contributed by atoms with van der Waals surface area (Å²) in [4.78, 5) is 120. The van der Waals surface area contributed by atoms with Gasteiger partial charge >= 0.3 is 41.8 Å². The lowest BCUT2D eigenvalue weighted by Gasteiger charge is -2.54. The number of esters is 7. The Morgan fingerprint density at radius 3 is 1.92 bits per heavy atom. The summed E-state index contributed by atoms with van der Waals surface area (Å²) in [6.45, 7) is 11.2. The topological polar surface area (TPSA) is 298 Å². The number of hydrogen-bond acceptors (Lipinski definition) is 22. The summed E-state index contributed by atoms with van der Waals surface area (Å²) in [7, 11) is 0.693. The largest absolute Gasteiger partial charge is 0.497 e. The van der Waals surface area contributed by atoms with Crippen LogP contribution in [0.15, 0.2) is 54.6 Å². The van der Waals surface area contributed by atoms with Gasteiger partial charge in [-0.05, 0) is 35.9 Å². The molecule has 0 aliphatic carbocycles. The van der Waals surface area contributed by atoms with Crippen LogP contribution in [0.3, 0.4) is 0 Å². The normalized spacial score (nSPS) is 27.0. The summed E-state index contributed by atoms with van der Waals surface area (Å²) >= 11 is 0. The van der Waals surface area contributed by atoms with E-state index in [0.29, 0.717) is 17.4 Å². The summed E-state index contributed by atoms with van der Waals surface area (Å²) in [6, 6.07) is 12.2. The van der Waals surface area contributed by atoms with Crippen LogP contribution >= 0.6 is 0 Å². The Morgan fingerprint density at radius 1 is 0.724 bits per heavy atom. The minimum absolute atomic E-state index is 0.0578. The van der Waals surface area contributed by atoms with Crippen molar-refractivity contribution in [3.8, 4) is 5.75 Å². The molecule has 418 valence electrons. The van der Waals surface area contributed by atoms with Crippen molar-refractivity contribution < 1.29 is 105 Å². The minimum Gasteiger partial charge on any atom is -0.497 e. The Balaban J connectivity index is 1.72. The van der Waals surface area contributed by atoms with Crippen molar-refractivity contribution >= 4 is 61.7 Å². The zero-order valence-electron chi connectivity index (χ0n) is 44.4. The Bertz CT molecular complexity index is 2400. The van der Waals surface area contributed by atoms with Crippen LogP contribution in [0.25, 0.3) is 0 Å². The zero-order valence-corrected chi connectivity index (χ0v) is 45.4. The van der Waals surface area contributed by atoms with E-state index in [9.17, 15) is 38.4 Å². The molecule has 0 unspecified atom stereocenters. The fraction of sp³-hybridized carbons (Fsp3) is 0.588. The number of methoxy groups -OCH3 is 2. The van der Waals surface area contributed by atoms with E-state index in [1.807, 2.05) is 0 Å². The van der Waals surface area contributed by atoms with E-state index >= 15 is 4.79 Å². The zero-order chi connectivity index (χ0) is 56.1. The van der Waals surface area contributed by atoms with E-state index in [4.69, 9.17) is 61.6 Å². The molecule has 0 radical (unpaired) electrons. The Morgan fingerprint density at radius 2 is 1.36 bits per heavy atom. The van der Waals surface area contributed by atoms with Crippen LogP contribution in [0.5, 0.6) is 5.75 Å². The molecule has 76 heavy (non-hydrogen) atoms.